The maximum atomic E-state index is 10.5. The minimum Gasteiger partial charge on any atom is -0.481 e. The van der Waals surface area contributed by atoms with Gasteiger partial charge in [-0.25, -0.2) is 0 Å². The summed E-state index contributed by atoms with van der Waals surface area (Å²) in [4.78, 5) is 10.5. The molecule has 1 N–H and O–H groups in total. The van der Waals surface area contributed by atoms with Crippen LogP contribution >= 0.6 is 12.4 Å². The second-order valence-corrected chi connectivity index (χ2v) is 3.25. The van der Waals surface area contributed by atoms with Crippen molar-refractivity contribution in [3.8, 4) is 0 Å². The zero-order valence-corrected chi connectivity index (χ0v) is 7.83. The first-order valence-electron chi connectivity index (χ1n) is 3.95. The lowest BCUT2D eigenvalue weighted by Crippen LogP contribution is -2.21. The quantitative estimate of drug-likeness (QED) is 0.803. The molecule has 0 spiro atoms. The van der Waals surface area contributed by atoms with Crippen LogP contribution in [0, 0.1) is 0 Å². The van der Waals surface area contributed by atoms with E-state index in [1.165, 1.54) is 0 Å². The Bertz CT molecular complexity index is 293. The topological polar surface area (TPSA) is 55.1 Å². The highest BCUT2D eigenvalue weighted by atomic mass is 35.5. The number of aliphatic carboxylic acids is 1. The average Bonchev–Trinajstić information content (AvgIpc) is 2.61. The lowest BCUT2D eigenvalue weighted by atomic mass is 10.2. The molecule has 0 radical (unpaired) electrons. The third kappa shape index (κ3) is 1.83. The van der Waals surface area contributed by atoms with Crippen LogP contribution in [0.4, 0.5) is 0 Å². The molecule has 0 aliphatic heterocycles. The van der Waals surface area contributed by atoms with Gasteiger partial charge in [-0.1, -0.05) is 0 Å². The van der Waals surface area contributed by atoms with Gasteiger partial charge in [-0.2, -0.15) is 5.10 Å². The Balaban J connectivity index is 0.000000845. The largest absolute Gasteiger partial charge is 0.481 e. The molecule has 1 saturated carbocycles. The minimum absolute atomic E-state index is 0. The van der Waals surface area contributed by atoms with Crippen LogP contribution in [0.25, 0.3) is 0 Å². The standard InChI is InChI=1S/C8H10N2O2.ClH/c11-7(12)6-8(2-3-8)10-5-1-4-9-10;/h1,4-5H,2-3,6H2,(H,11,12);1H. The number of nitrogens with zero attached hydrogens (tertiary/aromatic N) is 2. The van der Waals surface area contributed by atoms with Crippen LogP contribution in [0.15, 0.2) is 18.5 Å². The maximum Gasteiger partial charge on any atom is 0.305 e. The first-order valence-corrected chi connectivity index (χ1v) is 3.95. The van der Waals surface area contributed by atoms with Crippen LogP contribution in [0.2, 0.25) is 0 Å². The molecule has 1 aliphatic rings. The highest BCUT2D eigenvalue weighted by Gasteiger charge is 2.46. The van der Waals surface area contributed by atoms with Crippen molar-refractivity contribution in [2.45, 2.75) is 24.8 Å². The fourth-order valence-corrected chi connectivity index (χ4v) is 1.46. The molecule has 0 saturated heterocycles. The Morgan fingerprint density at radius 3 is 2.69 bits per heavy atom. The Hall–Kier alpha value is -1.03. The van der Waals surface area contributed by atoms with Gasteiger partial charge in [-0.3, -0.25) is 9.48 Å². The van der Waals surface area contributed by atoms with Crippen molar-refractivity contribution >= 4 is 18.4 Å². The van der Waals surface area contributed by atoms with E-state index in [4.69, 9.17) is 5.11 Å². The van der Waals surface area contributed by atoms with E-state index in [1.807, 2.05) is 12.3 Å². The van der Waals surface area contributed by atoms with Crippen molar-refractivity contribution in [2.24, 2.45) is 0 Å². The highest BCUT2D eigenvalue weighted by molar-refractivity contribution is 5.85. The van der Waals surface area contributed by atoms with Crippen LogP contribution in [0.1, 0.15) is 19.3 Å². The molecule has 2 rings (SSSR count). The molecule has 0 bridgehead atoms. The molecule has 1 aromatic rings. The summed E-state index contributed by atoms with van der Waals surface area (Å²) in [5.41, 5.74) is -0.199. The molecule has 0 aromatic carbocycles. The summed E-state index contributed by atoms with van der Waals surface area (Å²) in [5, 5.41) is 12.7. The molecule has 1 heterocycles. The lowest BCUT2D eigenvalue weighted by molar-refractivity contribution is -0.138. The number of hydrogen-bond acceptors (Lipinski definition) is 2. The summed E-state index contributed by atoms with van der Waals surface area (Å²) in [6.07, 6.45) is 5.56. The van der Waals surface area contributed by atoms with Gasteiger partial charge in [0.1, 0.15) is 0 Å². The molecule has 4 nitrogen and oxygen atoms in total. The first kappa shape index (κ1) is 10.1. The van der Waals surface area contributed by atoms with Gasteiger partial charge in [-0.05, 0) is 18.9 Å². The summed E-state index contributed by atoms with van der Waals surface area (Å²) in [6.45, 7) is 0. The Labute approximate surface area is 82.0 Å². The average molecular weight is 203 g/mol. The Morgan fingerprint density at radius 1 is 1.62 bits per heavy atom. The van der Waals surface area contributed by atoms with Crippen LogP contribution in [-0.2, 0) is 10.3 Å². The van der Waals surface area contributed by atoms with Crippen LogP contribution in [0.5, 0.6) is 0 Å². The van der Waals surface area contributed by atoms with Gasteiger partial charge in [0.25, 0.3) is 0 Å². The smallest absolute Gasteiger partial charge is 0.305 e. The molecule has 1 aromatic heterocycles. The van der Waals surface area contributed by atoms with Crippen LogP contribution < -0.4 is 0 Å². The summed E-state index contributed by atoms with van der Waals surface area (Å²) in [7, 11) is 0. The number of carbonyl (C=O) groups is 1. The van der Waals surface area contributed by atoms with Gasteiger partial charge in [0.15, 0.2) is 0 Å². The van der Waals surface area contributed by atoms with E-state index in [0.29, 0.717) is 0 Å². The summed E-state index contributed by atoms with van der Waals surface area (Å²) >= 11 is 0. The third-order valence-electron chi connectivity index (χ3n) is 2.30. The molecular weight excluding hydrogens is 192 g/mol. The number of carboxylic acid groups (broad SMARTS) is 1. The van der Waals surface area contributed by atoms with Crippen molar-refractivity contribution in [2.75, 3.05) is 0 Å². The molecule has 13 heavy (non-hydrogen) atoms. The van der Waals surface area contributed by atoms with E-state index in [9.17, 15) is 4.79 Å². The summed E-state index contributed by atoms with van der Waals surface area (Å²) < 4.78 is 1.76. The van der Waals surface area contributed by atoms with Gasteiger partial charge >= 0.3 is 5.97 Å². The van der Waals surface area contributed by atoms with Gasteiger partial charge in [0.2, 0.25) is 0 Å². The highest BCUT2D eigenvalue weighted by Crippen LogP contribution is 2.45. The molecule has 0 atom stereocenters. The first-order chi connectivity index (χ1) is 5.73. The molecule has 72 valence electrons. The second kappa shape index (κ2) is 3.38. The van der Waals surface area contributed by atoms with Crippen molar-refractivity contribution in [1.29, 1.82) is 0 Å². The van der Waals surface area contributed by atoms with Gasteiger partial charge in [-0.15, -0.1) is 12.4 Å². The van der Waals surface area contributed by atoms with Crippen LogP contribution in [-0.4, -0.2) is 20.9 Å². The van der Waals surface area contributed by atoms with Gasteiger partial charge < -0.3 is 5.11 Å². The van der Waals surface area contributed by atoms with Crippen molar-refractivity contribution in [3.05, 3.63) is 18.5 Å². The number of hydrogen-bond donors (Lipinski definition) is 1. The normalized spacial score (nSPS) is 17.5. The molecular formula is C8H11ClN2O2. The molecule has 0 unspecified atom stereocenters. The predicted molar refractivity (Wildman–Crippen MR) is 48.9 cm³/mol. The van der Waals surface area contributed by atoms with Crippen LogP contribution in [0.3, 0.4) is 0 Å². The van der Waals surface area contributed by atoms with E-state index in [1.54, 1.807) is 10.9 Å². The molecule has 5 heteroatoms. The fraction of sp³-hybridized carbons (Fsp3) is 0.500. The molecule has 1 fully saturated rings. The second-order valence-electron chi connectivity index (χ2n) is 3.25. The van der Waals surface area contributed by atoms with E-state index in [2.05, 4.69) is 5.10 Å². The zero-order chi connectivity index (χ0) is 8.60. The predicted octanol–water partition coefficient (Wildman–Crippen LogP) is 1.27. The minimum atomic E-state index is -0.747. The van der Waals surface area contributed by atoms with Crippen molar-refractivity contribution < 1.29 is 9.90 Å². The lowest BCUT2D eigenvalue weighted by Gasteiger charge is -2.12. The monoisotopic (exact) mass is 202 g/mol. The summed E-state index contributed by atoms with van der Waals surface area (Å²) in [6, 6.07) is 1.82. The number of aromatic nitrogens is 2. The summed E-state index contributed by atoms with van der Waals surface area (Å²) in [5.74, 6) is -0.747. The SMILES string of the molecule is Cl.O=C(O)CC1(n2cccn2)CC1. The zero-order valence-electron chi connectivity index (χ0n) is 7.01. The van der Waals surface area contributed by atoms with Gasteiger partial charge in [0, 0.05) is 12.4 Å². The van der Waals surface area contributed by atoms with Crippen molar-refractivity contribution in [1.82, 2.24) is 9.78 Å². The Morgan fingerprint density at radius 2 is 2.31 bits per heavy atom. The van der Waals surface area contributed by atoms with Crippen molar-refractivity contribution in [3.63, 3.8) is 0 Å². The molecule has 1 aliphatic carbocycles. The molecule has 0 amide bonds. The number of rotatable bonds is 3. The van der Waals surface area contributed by atoms with E-state index < -0.39 is 5.97 Å². The third-order valence-corrected chi connectivity index (χ3v) is 2.30. The van der Waals surface area contributed by atoms with E-state index >= 15 is 0 Å². The van der Waals surface area contributed by atoms with Gasteiger partial charge in [0.05, 0.1) is 12.0 Å². The maximum absolute atomic E-state index is 10.5. The Kier molecular flexibility index (Phi) is 2.61. The van der Waals surface area contributed by atoms with E-state index in [0.717, 1.165) is 12.8 Å². The fourth-order valence-electron chi connectivity index (χ4n) is 1.46. The number of halogens is 1. The number of carboxylic acids is 1. The van der Waals surface area contributed by atoms with E-state index in [-0.39, 0.29) is 24.4 Å².